The summed E-state index contributed by atoms with van der Waals surface area (Å²) in [5.74, 6) is 0. The molecule has 2 aromatic rings. The van der Waals surface area contributed by atoms with Crippen LogP contribution in [0.4, 0.5) is 10.5 Å². The van der Waals surface area contributed by atoms with Gasteiger partial charge in [0.25, 0.3) is 0 Å². The molecule has 1 aromatic heterocycles. The number of benzene rings is 1. The van der Waals surface area contributed by atoms with E-state index >= 15 is 0 Å². The van der Waals surface area contributed by atoms with Gasteiger partial charge in [-0.3, -0.25) is 0 Å². The molecule has 1 unspecified atom stereocenters. The number of halogens is 1. The lowest BCUT2D eigenvalue weighted by Crippen LogP contribution is -2.36. The zero-order valence-corrected chi connectivity index (χ0v) is 15.3. The predicted octanol–water partition coefficient (Wildman–Crippen LogP) is 4.24. The Morgan fingerprint density at radius 1 is 1.36 bits per heavy atom. The molecule has 2 amide bonds. The molecule has 0 aliphatic carbocycles. The average molecular weight is 382 g/mol. The minimum atomic E-state index is -0.190. The first-order chi connectivity index (χ1) is 10.5. The van der Waals surface area contributed by atoms with Crippen molar-refractivity contribution in [2.24, 2.45) is 0 Å². The van der Waals surface area contributed by atoms with Crippen molar-refractivity contribution in [2.75, 3.05) is 26.0 Å². The van der Waals surface area contributed by atoms with Crippen LogP contribution in [0.25, 0.3) is 0 Å². The smallest absolute Gasteiger partial charge is 0.319 e. The van der Waals surface area contributed by atoms with Gasteiger partial charge < -0.3 is 15.5 Å². The van der Waals surface area contributed by atoms with Crippen LogP contribution >= 0.6 is 27.3 Å². The lowest BCUT2D eigenvalue weighted by atomic mass is 10.2. The van der Waals surface area contributed by atoms with Gasteiger partial charge in [0, 0.05) is 21.6 Å². The molecule has 0 aliphatic rings. The van der Waals surface area contributed by atoms with E-state index in [0.29, 0.717) is 6.54 Å². The molecule has 22 heavy (non-hydrogen) atoms. The number of carbonyl (C=O) groups excluding carboxylic acids is 1. The third-order valence-electron chi connectivity index (χ3n) is 3.37. The maximum atomic E-state index is 12.1. The van der Waals surface area contributed by atoms with Crippen molar-refractivity contribution in [3.05, 3.63) is 50.6 Å². The third kappa shape index (κ3) is 4.56. The normalized spacial score (nSPS) is 12.2. The van der Waals surface area contributed by atoms with Crippen molar-refractivity contribution in [3.63, 3.8) is 0 Å². The van der Waals surface area contributed by atoms with Crippen molar-refractivity contribution in [1.82, 2.24) is 10.2 Å². The highest BCUT2D eigenvalue weighted by molar-refractivity contribution is 9.10. The zero-order valence-electron chi connectivity index (χ0n) is 12.9. The number of nitrogens with one attached hydrogen (secondary N) is 2. The van der Waals surface area contributed by atoms with Gasteiger partial charge in [0.2, 0.25) is 0 Å². The first-order valence-corrected chi connectivity index (χ1v) is 8.65. The molecule has 0 radical (unpaired) electrons. The van der Waals surface area contributed by atoms with E-state index in [-0.39, 0.29) is 12.1 Å². The number of likely N-dealkylation sites (N-methyl/N-ethyl adjacent to an activating group) is 1. The summed E-state index contributed by atoms with van der Waals surface area (Å²) in [5, 5.41) is 7.85. The number of carbonyl (C=O) groups is 1. The predicted molar refractivity (Wildman–Crippen MR) is 96.6 cm³/mol. The topological polar surface area (TPSA) is 44.4 Å². The van der Waals surface area contributed by atoms with Crippen LogP contribution in [-0.4, -0.2) is 31.6 Å². The highest BCUT2D eigenvalue weighted by Gasteiger charge is 2.16. The molecule has 0 saturated heterocycles. The number of nitrogens with zero attached hydrogens (tertiary/aromatic N) is 1. The SMILES string of the molecule is Cc1cc(NC(=O)NCC(c2cccs2)N(C)C)ccc1Br. The Morgan fingerprint density at radius 3 is 2.73 bits per heavy atom. The summed E-state index contributed by atoms with van der Waals surface area (Å²) in [4.78, 5) is 15.4. The fourth-order valence-electron chi connectivity index (χ4n) is 2.11. The Bertz CT molecular complexity index is 628. The Balaban J connectivity index is 1.92. The molecule has 0 spiro atoms. The van der Waals surface area contributed by atoms with E-state index < -0.39 is 0 Å². The van der Waals surface area contributed by atoms with E-state index in [0.717, 1.165) is 15.7 Å². The van der Waals surface area contributed by atoms with Crippen LogP contribution in [0.15, 0.2) is 40.2 Å². The summed E-state index contributed by atoms with van der Waals surface area (Å²) in [6, 6.07) is 9.85. The summed E-state index contributed by atoms with van der Waals surface area (Å²) < 4.78 is 1.03. The van der Waals surface area contributed by atoms with Gasteiger partial charge in [-0.1, -0.05) is 22.0 Å². The molecule has 1 heterocycles. The quantitative estimate of drug-likeness (QED) is 0.812. The lowest BCUT2D eigenvalue weighted by Gasteiger charge is -2.23. The second-order valence-electron chi connectivity index (χ2n) is 5.29. The fraction of sp³-hybridized carbons (Fsp3) is 0.312. The van der Waals surface area contributed by atoms with Gasteiger partial charge in [-0.25, -0.2) is 4.79 Å². The minimum absolute atomic E-state index is 0.178. The zero-order chi connectivity index (χ0) is 16.1. The van der Waals surface area contributed by atoms with Gasteiger partial charge in [0.15, 0.2) is 0 Å². The van der Waals surface area contributed by atoms with E-state index in [4.69, 9.17) is 0 Å². The summed E-state index contributed by atoms with van der Waals surface area (Å²) >= 11 is 5.15. The van der Waals surface area contributed by atoms with Gasteiger partial charge in [-0.2, -0.15) is 0 Å². The standard InChI is InChI=1S/C16H20BrN3OS/c1-11-9-12(6-7-13(11)17)19-16(21)18-10-14(20(2)3)15-5-4-8-22-15/h4-9,14H,10H2,1-3H3,(H2,18,19,21). The summed E-state index contributed by atoms with van der Waals surface area (Å²) in [6.07, 6.45) is 0. The molecule has 0 fully saturated rings. The number of hydrogen-bond donors (Lipinski definition) is 2. The molecule has 0 bridgehead atoms. The van der Waals surface area contributed by atoms with Crippen molar-refractivity contribution in [3.8, 4) is 0 Å². The largest absolute Gasteiger partial charge is 0.336 e. The Kier molecular flexibility index (Phi) is 5.99. The molecule has 2 rings (SSSR count). The van der Waals surface area contributed by atoms with Gasteiger partial charge in [-0.05, 0) is 56.2 Å². The van der Waals surface area contributed by atoms with Gasteiger partial charge >= 0.3 is 6.03 Å². The summed E-state index contributed by atoms with van der Waals surface area (Å²) in [5.41, 5.74) is 1.87. The molecule has 0 aliphatic heterocycles. The van der Waals surface area contributed by atoms with Crippen LogP contribution in [0.5, 0.6) is 0 Å². The number of hydrogen-bond acceptors (Lipinski definition) is 3. The summed E-state index contributed by atoms with van der Waals surface area (Å²) in [6.45, 7) is 2.56. The number of amides is 2. The Hall–Kier alpha value is -1.37. The van der Waals surface area contributed by atoms with Crippen LogP contribution in [0.1, 0.15) is 16.5 Å². The number of aryl methyl sites for hydroxylation is 1. The number of anilines is 1. The minimum Gasteiger partial charge on any atom is -0.336 e. The lowest BCUT2D eigenvalue weighted by molar-refractivity contribution is 0.244. The monoisotopic (exact) mass is 381 g/mol. The second kappa shape index (κ2) is 7.76. The molecule has 118 valence electrons. The molecular weight excluding hydrogens is 362 g/mol. The van der Waals surface area contributed by atoms with E-state index in [1.807, 2.05) is 45.3 Å². The highest BCUT2D eigenvalue weighted by Crippen LogP contribution is 2.22. The molecule has 0 saturated carbocycles. The van der Waals surface area contributed by atoms with Crippen molar-refractivity contribution >= 4 is 39.0 Å². The van der Waals surface area contributed by atoms with Crippen molar-refractivity contribution in [1.29, 1.82) is 0 Å². The highest BCUT2D eigenvalue weighted by atomic mass is 79.9. The maximum Gasteiger partial charge on any atom is 0.319 e. The first-order valence-electron chi connectivity index (χ1n) is 6.98. The Morgan fingerprint density at radius 2 is 2.14 bits per heavy atom. The second-order valence-corrected chi connectivity index (χ2v) is 7.13. The molecule has 1 atom stereocenters. The van der Waals surface area contributed by atoms with E-state index in [1.54, 1.807) is 11.3 Å². The van der Waals surface area contributed by atoms with Crippen molar-refractivity contribution in [2.45, 2.75) is 13.0 Å². The molecule has 6 heteroatoms. The van der Waals surface area contributed by atoms with Gasteiger partial charge in [0.05, 0.1) is 6.04 Å². The molecule has 4 nitrogen and oxygen atoms in total. The van der Waals surface area contributed by atoms with Crippen LogP contribution in [0, 0.1) is 6.92 Å². The first kappa shape index (κ1) is 17.0. The number of thiophene rings is 1. The van der Waals surface area contributed by atoms with Gasteiger partial charge in [0.1, 0.15) is 0 Å². The van der Waals surface area contributed by atoms with E-state index in [9.17, 15) is 4.79 Å². The van der Waals surface area contributed by atoms with E-state index in [1.165, 1.54) is 4.88 Å². The van der Waals surface area contributed by atoms with Crippen LogP contribution in [-0.2, 0) is 0 Å². The van der Waals surface area contributed by atoms with Crippen molar-refractivity contribution < 1.29 is 4.79 Å². The maximum absolute atomic E-state index is 12.1. The number of rotatable bonds is 5. The molecule has 2 N–H and O–H groups in total. The van der Waals surface area contributed by atoms with Crippen LogP contribution in [0.2, 0.25) is 0 Å². The van der Waals surface area contributed by atoms with Crippen LogP contribution < -0.4 is 10.6 Å². The Labute approximate surface area is 143 Å². The average Bonchev–Trinajstić information content (AvgIpc) is 2.97. The third-order valence-corrected chi connectivity index (χ3v) is 5.23. The summed E-state index contributed by atoms with van der Waals surface area (Å²) in [7, 11) is 4.03. The van der Waals surface area contributed by atoms with E-state index in [2.05, 4.69) is 42.9 Å². The van der Waals surface area contributed by atoms with Gasteiger partial charge in [-0.15, -0.1) is 11.3 Å². The number of urea groups is 1. The molecule has 1 aromatic carbocycles. The van der Waals surface area contributed by atoms with Crippen LogP contribution in [0.3, 0.4) is 0 Å². The molecular formula is C16H20BrN3OS. The fourth-order valence-corrected chi connectivity index (χ4v) is 3.27.